The maximum atomic E-state index is 4.31. The summed E-state index contributed by atoms with van der Waals surface area (Å²) in [5.41, 5.74) is 3.78. The van der Waals surface area contributed by atoms with Gasteiger partial charge in [0, 0.05) is 17.8 Å². The van der Waals surface area contributed by atoms with E-state index in [0.717, 1.165) is 6.04 Å². The highest BCUT2D eigenvalue weighted by molar-refractivity contribution is 6.90. The number of hydrogen-bond donors (Lipinski definition) is 0. The van der Waals surface area contributed by atoms with E-state index in [1.807, 2.05) is 12.4 Å². The van der Waals surface area contributed by atoms with Gasteiger partial charge in [0.1, 0.15) is 0 Å². The Morgan fingerprint density at radius 2 is 1.00 bits per heavy atom. The number of benzene rings is 3. The van der Waals surface area contributed by atoms with Crippen LogP contribution in [-0.4, -0.2) is 13.1 Å². The first-order chi connectivity index (χ1) is 14.1. The molecule has 0 fully saturated rings. The van der Waals surface area contributed by atoms with Crippen molar-refractivity contribution in [3.05, 3.63) is 132 Å². The van der Waals surface area contributed by atoms with Crippen molar-refractivity contribution >= 4 is 13.3 Å². The molecule has 0 bridgehead atoms. The molecular weight excluding hydrogens is 366 g/mol. The van der Waals surface area contributed by atoms with Crippen molar-refractivity contribution in [3.8, 4) is 0 Å². The van der Waals surface area contributed by atoms with Crippen LogP contribution >= 0.6 is 0 Å². The van der Waals surface area contributed by atoms with Gasteiger partial charge < -0.3 is 0 Å². The van der Waals surface area contributed by atoms with E-state index in [9.17, 15) is 0 Å². The first-order valence-corrected chi connectivity index (χ1v) is 13.4. The standard InChI is InChI=1S/C27H27NSi/c1-29(2,26-16-10-5-11-17-26)22-27(23-12-6-3-7-13-23,24-14-8-4-9-15-24)25-18-20-28-21-19-25/h3-21H,22H2,1-2H3. The third kappa shape index (κ3) is 3.81. The smallest absolute Gasteiger partial charge is 0.0821 e. The zero-order valence-corrected chi connectivity index (χ0v) is 18.1. The Morgan fingerprint density at radius 1 is 0.586 bits per heavy atom. The van der Waals surface area contributed by atoms with Crippen molar-refractivity contribution in [2.45, 2.75) is 24.6 Å². The van der Waals surface area contributed by atoms with Gasteiger partial charge in [-0.25, -0.2) is 0 Å². The lowest BCUT2D eigenvalue weighted by Gasteiger charge is -2.41. The van der Waals surface area contributed by atoms with Gasteiger partial charge in [0.15, 0.2) is 0 Å². The van der Waals surface area contributed by atoms with Gasteiger partial charge in [-0.2, -0.15) is 0 Å². The van der Waals surface area contributed by atoms with Gasteiger partial charge in [-0.15, -0.1) is 0 Å². The zero-order chi connectivity index (χ0) is 20.2. The van der Waals surface area contributed by atoms with Crippen LogP contribution < -0.4 is 5.19 Å². The Balaban J connectivity index is 1.98. The Labute approximate surface area is 175 Å². The van der Waals surface area contributed by atoms with Crippen molar-refractivity contribution in [2.24, 2.45) is 0 Å². The lowest BCUT2D eigenvalue weighted by atomic mass is 9.71. The van der Waals surface area contributed by atoms with E-state index < -0.39 is 8.07 Å². The Morgan fingerprint density at radius 3 is 1.48 bits per heavy atom. The van der Waals surface area contributed by atoms with Crippen LogP contribution in [0.25, 0.3) is 0 Å². The highest BCUT2D eigenvalue weighted by Crippen LogP contribution is 2.45. The van der Waals surface area contributed by atoms with Crippen molar-refractivity contribution in [1.82, 2.24) is 4.98 Å². The summed E-state index contributed by atoms with van der Waals surface area (Å²) >= 11 is 0. The Kier molecular flexibility index (Phi) is 5.46. The summed E-state index contributed by atoms with van der Waals surface area (Å²) in [7, 11) is -1.78. The number of nitrogens with zero attached hydrogens (tertiary/aromatic N) is 1. The van der Waals surface area contributed by atoms with E-state index in [2.05, 4.69) is 121 Å². The van der Waals surface area contributed by atoms with Crippen LogP contribution in [0.1, 0.15) is 16.7 Å². The molecule has 0 spiro atoms. The molecule has 3 aromatic carbocycles. The minimum Gasteiger partial charge on any atom is -0.265 e. The molecule has 0 amide bonds. The molecule has 29 heavy (non-hydrogen) atoms. The molecule has 0 radical (unpaired) electrons. The van der Waals surface area contributed by atoms with Crippen molar-refractivity contribution in [2.75, 3.05) is 0 Å². The van der Waals surface area contributed by atoms with Gasteiger partial charge in [0.05, 0.1) is 8.07 Å². The number of pyridine rings is 1. The fourth-order valence-electron chi connectivity index (χ4n) is 4.54. The summed E-state index contributed by atoms with van der Waals surface area (Å²) in [5, 5.41) is 1.49. The van der Waals surface area contributed by atoms with Crippen LogP contribution in [-0.2, 0) is 5.41 Å². The summed E-state index contributed by atoms with van der Waals surface area (Å²) in [4.78, 5) is 4.31. The summed E-state index contributed by atoms with van der Waals surface area (Å²) in [6.45, 7) is 4.98. The molecule has 0 aliphatic heterocycles. The maximum Gasteiger partial charge on any atom is 0.0821 e. The lowest BCUT2D eigenvalue weighted by molar-refractivity contribution is 0.679. The van der Waals surface area contributed by atoms with Gasteiger partial charge in [0.25, 0.3) is 0 Å². The molecule has 4 rings (SSSR count). The van der Waals surface area contributed by atoms with Crippen molar-refractivity contribution in [3.63, 3.8) is 0 Å². The second-order valence-corrected chi connectivity index (χ2v) is 13.0. The zero-order valence-electron chi connectivity index (χ0n) is 17.1. The highest BCUT2D eigenvalue weighted by Gasteiger charge is 2.42. The van der Waals surface area contributed by atoms with Crippen molar-refractivity contribution in [1.29, 1.82) is 0 Å². The second-order valence-electron chi connectivity index (χ2n) is 8.30. The molecule has 4 aromatic rings. The quantitative estimate of drug-likeness (QED) is 0.364. The van der Waals surface area contributed by atoms with E-state index in [4.69, 9.17) is 0 Å². The van der Waals surface area contributed by atoms with Crippen LogP contribution in [0.3, 0.4) is 0 Å². The van der Waals surface area contributed by atoms with E-state index in [1.54, 1.807) is 0 Å². The SMILES string of the molecule is C[Si](C)(CC(c1ccccc1)(c1ccccc1)c1ccncc1)c1ccccc1. The second kappa shape index (κ2) is 8.18. The van der Waals surface area contributed by atoms with Gasteiger partial charge in [0.2, 0.25) is 0 Å². The number of hydrogen-bond acceptors (Lipinski definition) is 1. The van der Waals surface area contributed by atoms with Crippen molar-refractivity contribution < 1.29 is 0 Å². The predicted octanol–water partition coefficient (Wildman–Crippen LogP) is 6.03. The molecular formula is C27H27NSi. The normalized spacial score (nSPS) is 11.9. The van der Waals surface area contributed by atoms with Crippen LogP contribution in [0.5, 0.6) is 0 Å². The average Bonchev–Trinajstić information content (AvgIpc) is 2.80. The van der Waals surface area contributed by atoms with Gasteiger partial charge in [-0.05, 0) is 34.9 Å². The average molecular weight is 394 g/mol. The summed E-state index contributed by atoms with van der Waals surface area (Å²) < 4.78 is 0. The molecule has 0 N–H and O–H groups in total. The minimum atomic E-state index is -1.78. The lowest BCUT2D eigenvalue weighted by Crippen LogP contribution is -2.48. The molecule has 1 nitrogen and oxygen atoms in total. The molecule has 0 saturated heterocycles. The monoisotopic (exact) mass is 393 g/mol. The Hall–Kier alpha value is -2.97. The molecule has 1 heterocycles. The topological polar surface area (TPSA) is 12.9 Å². The molecule has 0 aliphatic carbocycles. The first-order valence-electron chi connectivity index (χ1n) is 10.2. The first kappa shape index (κ1) is 19.3. The molecule has 1 aromatic heterocycles. The summed E-state index contributed by atoms with van der Waals surface area (Å²) in [6, 6.07) is 38.5. The van der Waals surface area contributed by atoms with E-state index in [0.29, 0.717) is 0 Å². The molecule has 0 atom stereocenters. The molecule has 0 unspecified atom stereocenters. The number of rotatable bonds is 6. The maximum absolute atomic E-state index is 4.31. The molecule has 144 valence electrons. The van der Waals surface area contributed by atoms with Crippen LogP contribution in [0.4, 0.5) is 0 Å². The third-order valence-corrected chi connectivity index (χ3v) is 9.28. The fraction of sp³-hybridized carbons (Fsp3) is 0.148. The van der Waals surface area contributed by atoms with Crippen LogP contribution in [0, 0.1) is 0 Å². The summed E-state index contributed by atoms with van der Waals surface area (Å²) in [6.07, 6.45) is 3.85. The fourth-order valence-corrected chi connectivity index (χ4v) is 7.78. The number of aromatic nitrogens is 1. The summed E-state index contributed by atoms with van der Waals surface area (Å²) in [5.74, 6) is 0. The van der Waals surface area contributed by atoms with Crippen LogP contribution in [0.2, 0.25) is 19.1 Å². The predicted molar refractivity (Wildman–Crippen MR) is 125 cm³/mol. The largest absolute Gasteiger partial charge is 0.265 e. The third-order valence-electron chi connectivity index (χ3n) is 5.97. The van der Waals surface area contributed by atoms with Gasteiger partial charge in [-0.3, -0.25) is 4.98 Å². The van der Waals surface area contributed by atoms with Gasteiger partial charge >= 0.3 is 0 Å². The van der Waals surface area contributed by atoms with E-state index in [-0.39, 0.29) is 5.41 Å². The van der Waals surface area contributed by atoms with Gasteiger partial charge in [-0.1, -0.05) is 109 Å². The molecule has 2 heteroatoms. The van der Waals surface area contributed by atoms with E-state index in [1.165, 1.54) is 21.9 Å². The minimum absolute atomic E-state index is 0.211. The molecule has 0 aliphatic rings. The highest BCUT2D eigenvalue weighted by atomic mass is 28.3. The molecule has 0 saturated carbocycles. The Bertz CT molecular complexity index is 932. The van der Waals surface area contributed by atoms with E-state index >= 15 is 0 Å². The van der Waals surface area contributed by atoms with Crippen LogP contribution in [0.15, 0.2) is 116 Å².